The van der Waals surface area contributed by atoms with Gasteiger partial charge >= 0.3 is 0 Å². The minimum Gasteiger partial charge on any atom is -0.364 e. The molecule has 1 saturated carbocycles. The van der Waals surface area contributed by atoms with Gasteiger partial charge in [0.25, 0.3) is 5.91 Å². The Morgan fingerprint density at radius 3 is 2.29 bits per heavy atom. The van der Waals surface area contributed by atoms with Crippen LogP contribution in [0.25, 0.3) is 0 Å². The largest absolute Gasteiger partial charge is 0.364 e. The lowest BCUT2D eigenvalue weighted by atomic mass is 10.2. The molecular weight excluding hydrogens is 304 g/mol. The van der Waals surface area contributed by atoms with Crippen LogP contribution in [0.5, 0.6) is 0 Å². The van der Waals surface area contributed by atoms with Gasteiger partial charge < -0.3 is 14.5 Å². The average molecular weight is 330 g/mol. The van der Waals surface area contributed by atoms with E-state index in [2.05, 4.69) is 6.92 Å². The normalized spacial score (nSPS) is 24.6. The zero-order valence-corrected chi connectivity index (χ0v) is 14.5. The van der Waals surface area contributed by atoms with E-state index in [9.17, 15) is 9.59 Å². The Balaban J connectivity index is 1.43. The maximum absolute atomic E-state index is 12.5. The Kier molecular flexibility index (Phi) is 5.19. The summed E-state index contributed by atoms with van der Waals surface area (Å²) in [5.41, 5.74) is 1.06. The van der Waals surface area contributed by atoms with Crippen LogP contribution in [0.4, 0.5) is 0 Å². The minimum absolute atomic E-state index is 0.0119. The zero-order valence-electron chi connectivity index (χ0n) is 14.5. The molecule has 3 atom stereocenters. The second-order valence-corrected chi connectivity index (χ2v) is 6.91. The molecular formula is C19H26N2O3. The first-order valence-electron chi connectivity index (χ1n) is 8.79. The summed E-state index contributed by atoms with van der Waals surface area (Å²) in [4.78, 5) is 28.5. The van der Waals surface area contributed by atoms with Crippen molar-refractivity contribution in [3.63, 3.8) is 0 Å². The van der Waals surface area contributed by atoms with Gasteiger partial charge in [0, 0.05) is 32.1 Å². The summed E-state index contributed by atoms with van der Waals surface area (Å²) in [5.74, 6) is 1.03. The molecule has 1 saturated heterocycles. The Labute approximate surface area is 143 Å². The molecule has 1 heterocycles. The summed E-state index contributed by atoms with van der Waals surface area (Å²) in [5, 5.41) is 0. The molecule has 1 aliphatic carbocycles. The number of carbonyl (C=O) groups excluding carboxylic acids is 2. The molecule has 2 aliphatic rings. The Morgan fingerprint density at radius 2 is 1.71 bits per heavy atom. The Bertz CT molecular complexity index is 582. The molecule has 0 N–H and O–H groups in total. The molecule has 0 bridgehead atoms. The predicted octanol–water partition coefficient (Wildman–Crippen LogP) is 1.92. The van der Waals surface area contributed by atoms with Crippen molar-refractivity contribution < 1.29 is 14.3 Å². The van der Waals surface area contributed by atoms with Gasteiger partial charge in [-0.15, -0.1) is 0 Å². The Hall–Kier alpha value is -1.88. The van der Waals surface area contributed by atoms with Crippen molar-refractivity contribution in [2.75, 3.05) is 26.2 Å². The summed E-state index contributed by atoms with van der Waals surface area (Å²) in [6.45, 7) is 6.84. The number of hydrogen-bond acceptors (Lipinski definition) is 3. The van der Waals surface area contributed by atoms with Crippen LogP contribution in [0.3, 0.4) is 0 Å². The van der Waals surface area contributed by atoms with Gasteiger partial charge in [0.05, 0.1) is 6.61 Å². The van der Waals surface area contributed by atoms with Crippen LogP contribution in [-0.2, 0) is 20.9 Å². The second-order valence-electron chi connectivity index (χ2n) is 6.91. The highest BCUT2D eigenvalue weighted by Gasteiger charge is 2.42. The lowest BCUT2D eigenvalue weighted by Crippen LogP contribution is -2.53. The van der Waals surface area contributed by atoms with Crippen LogP contribution in [0.15, 0.2) is 30.3 Å². The average Bonchev–Trinajstić information content (AvgIpc) is 3.36. The fourth-order valence-electron chi connectivity index (χ4n) is 3.17. The minimum atomic E-state index is -0.462. The van der Waals surface area contributed by atoms with E-state index in [0.717, 1.165) is 12.0 Å². The standard InChI is InChI=1S/C19H26N2O3/c1-14-12-17(14)19(23)21-10-8-20(9-11-21)18(22)15(2)24-13-16-6-4-3-5-7-16/h3-7,14-15,17H,8-13H2,1-2H3/t14-,15-,17-/m0/s1. The number of rotatable bonds is 5. The van der Waals surface area contributed by atoms with E-state index in [1.807, 2.05) is 40.1 Å². The number of nitrogens with zero attached hydrogens (tertiary/aromatic N) is 2. The third kappa shape index (κ3) is 3.96. The van der Waals surface area contributed by atoms with Gasteiger partial charge in [-0.1, -0.05) is 37.3 Å². The van der Waals surface area contributed by atoms with Crippen LogP contribution in [-0.4, -0.2) is 53.9 Å². The van der Waals surface area contributed by atoms with Gasteiger partial charge in [0.2, 0.25) is 5.91 Å². The van der Waals surface area contributed by atoms with Gasteiger partial charge in [0.1, 0.15) is 6.10 Å². The first-order valence-corrected chi connectivity index (χ1v) is 8.79. The summed E-state index contributed by atoms with van der Waals surface area (Å²) in [6.07, 6.45) is 0.554. The molecule has 1 aromatic rings. The number of hydrogen-bond donors (Lipinski definition) is 0. The van der Waals surface area contributed by atoms with Gasteiger partial charge in [-0.3, -0.25) is 9.59 Å². The van der Waals surface area contributed by atoms with Crippen LogP contribution in [0, 0.1) is 11.8 Å². The van der Waals surface area contributed by atoms with Crippen LogP contribution in [0.2, 0.25) is 0 Å². The van der Waals surface area contributed by atoms with Crippen LogP contribution >= 0.6 is 0 Å². The fourth-order valence-corrected chi connectivity index (χ4v) is 3.17. The highest BCUT2D eigenvalue weighted by atomic mass is 16.5. The van der Waals surface area contributed by atoms with E-state index in [4.69, 9.17) is 4.74 Å². The zero-order chi connectivity index (χ0) is 17.1. The first kappa shape index (κ1) is 17.0. The first-order chi connectivity index (χ1) is 11.6. The third-order valence-corrected chi connectivity index (χ3v) is 5.02. The molecule has 24 heavy (non-hydrogen) atoms. The monoisotopic (exact) mass is 330 g/mol. The van der Waals surface area contributed by atoms with Gasteiger partial charge in [-0.25, -0.2) is 0 Å². The van der Waals surface area contributed by atoms with Crippen molar-refractivity contribution in [1.82, 2.24) is 9.80 Å². The van der Waals surface area contributed by atoms with E-state index in [1.165, 1.54) is 0 Å². The fraction of sp³-hybridized carbons (Fsp3) is 0.579. The van der Waals surface area contributed by atoms with Crippen molar-refractivity contribution >= 4 is 11.8 Å². The number of ether oxygens (including phenoxy) is 1. The molecule has 2 amide bonds. The predicted molar refractivity (Wildman–Crippen MR) is 91.1 cm³/mol. The molecule has 0 radical (unpaired) electrons. The Morgan fingerprint density at radius 1 is 1.12 bits per heavy atom. The molecule has 2 fully saturated rings. The van der Waals surface area contributed by atoms with E-state index >= 15 is 0 Å². The summed E-state index contributed by atoms with van der Waals surface area (Å²) in [7, 11) is 0. The number of piperazine rings is 1. The molecule has 0 aromatic heterocycles. The van der Waals surface area contributed by atoms with Crippen molar-refractivity contribution in [1.29, 1.82) is 0 Å². The highest BCUT2D eigenvalue weighted by Crippen LogP contribution is 2.39. The quantitative estimate of drug-likeness (QED) is 0.829. The number of benzene rings is 1. The van der Waals surface area contributed by atoms with Crippen LogP contribution in [0.1, 0.15) is 25.8 Å². The summed E-state index contributed by atoms with van der Waals surface area (Å²) >= 11 is 0. The maximum atomic E-state index is 12.5. The van der Waals surface area contributed by atoms with E-state index in [-0.39, 0.29) is 17.7 Å². The molecule has 0 unspecified atom stereocenters. The van der Waals surface area contributed by atoms with Crippen LogP contribution < -0.4 is 0 Å². The molecule has 1 aromatic carbocycles. The lowest BCUT2D eigenvalue weighted by Gasteiger charge is -2.36. The van der Waals surface area contributed by atoms with E-state index in [0.29, 0.717) is 38.7 Å². The maximum Gasteiger partial charge on any atom is 0.251 e. The molecule has 130 valence electrons. The van der Waals surface area contributed by atoms with Gasteiger partial charge in [0.15, 0.2) is 0 Å². The molecule has 3 rings (SSSR count). The number of carbonyl (C=O) groups is 2. The van der Waals surface area contributed by atoms with Crippen molar-refractivity contribution in [2.24, 2.45) is 11.8 Å². The second kappa shape index (κ2) is 7.34. The molecule has 5 nitrogen and oxygen atoms in total. The molecule has 0 spiro atoms. The summed E-state index contributed by atoms with van der Waals surface area (Å²) in [6, 6.07) is 9.85. The van der Waals surface area contributed by atoms with Gasteiger partial charge in [-0.2, -0.15) is 0 Å². The SMILES string of the molecule is C[C@H](OCc1ccccc1)C(=O)N1CCN(C(=O)[C@H]2C[C@@H]2C)CC1. The van der Waals surface area contributed by atoms with Crippen molar-refractivity contribution in [2.45, 2.75) is 33.0 Å². The summed E-state index contributed by atoms with van der Waals surface area (Å²) < 4.78 is 5.71. The third-order valence-electron chi connectivity index (χ3n) is 5.02. The topological polar surface area (TPSA) is 49.9 Å². The van der Waals surface area contributed by atoms with E-state index < -0.39 is 6.10 Å². The molecule has 5 heteroatoms. The number of amides is 2. The lowest BCUT2D eigenvalue weighted by molar-refractivity contribution is -0.148. The highest BCUT2D eigenvalue weighted by molar-refractivity contribution is 5.83. The van der Waals surface area contributed by atoms with Crippen molar-refractivity contribution in [3.8, 4) is 0 Å². The molecule has 1 aliphatic heterocycles. The smallest absolute Gasteiger partial charge is 0.251 e. The van der Waals surface area contributed by atoms with E-state index in [1.54, 1.807) is 6.92 Å². The van der Waals surface area contributed by atoms with Crippen molar-refractivity contribution in [3.05, 3.63) is 35.9 Å². The van der Waals surface area contributed by atoms with Gasteiger partial charge in [-0.05, 0) is 24.8 Å².